The van der Waals surface area contributed by atoms with E-state index in [-0.39, 0.29) is 5.92 Å². The molecule has 0 atom stereocenters. The zero-order valence-electron chi connectivity index (χ0n) is 20.5. The van der Waals surface area contributed by atoms with E-state index in [1.165, 1.54) is 0 Å². The molecule has 0 bridgehead atoms. The van der Waals surface area contributed by atoms with E-state index in [9.17, 15) is 0 Å². The average Bonchev–Trinajstić information content (AvgIpc) is 3.01. The SMILES string of the molecule is c1ccc(C(c2ccccn2)c2ccc(C(c3ccccn3)(c3ccccn3)c3ccccn3)cn2)nc1. The number of pyridine rings is 6. The second-order valence-corrected chi connectivity index (χ2v) is 8.81. The number of aromatic nitrogens is 6. The molecule has 182 valence electrons. The fourth-order valence-electron chi connectivity index (χ4n) is 4.94. The molecule has 0 aliphatic rings. The summed E-state index contributed by atoms with van der Waals surface area (Å²) >= 11 is 0. The van der Waals surface area contributed by atoms with Gasteiger partial charge in [0.15, 0.2) is 0 Å². The molecule has 0 N–H and O–H groups in total. The molecule has 6 aromatic rings. The van der Waals surface area contributed by atoms with Gasteiger partial charge < -0.3 is 0 Å². The monoisotopic (exact) mass is 492 g/mol. The molecule has 0 aliphatic heterocycles. The zero-order valence-corrected chi connectivity index (χ0v) is 20.5. The van der Waals surface area contributed by atoms with Crippen LogP contribution in [-0.4, -0.2) is 29.9 Å². The van der Waals surface area contributed by atoms with E-state index in [1.54, 1.807) is 31.0 Å². The fraction of sp³-hybridized carbons (Fsp3) is 0.0625. The lowest BCUT2D eigenvalue weighted by Crippen LogP contribution is -2.34. The molecule has 0 fully saturated rings. The van der Waals surface area contributed by atoms with Crippen LogP contribution in [0.2, 0.25) is 0 Å². The van der Waals surface area contributed by atoms with Crippen LogP contribution in [0.25, 0.3) is 0 Å². The number of rotatable bonds is 7. The molecule has 0 unspecified atom stereocenters. The molecule has 0 saturated heterocycles. The molecule has 0 aromatic carbocycles. The molecule has 6 heteroatoms. The maximum Gasteiger partial charge on any atom is 0.123 e. The van der Waals surface area contributed by atoms with Crippen LogP contribution in [0, 0.1) is 0 Å². The minimum Gasteiger partial charge on any atom is -0.260 e. The smallest absolute Gasteiger partial charge is 0.123 e. The summed E-state index contributed by atoms with van der Waals surface area (Å²) in [5.74, 6) is -0.208. The molecule has 0 spiro atoms. The van der Waals surface area contributed by atoms with Gasteiger partial charge in [0.25, 0.3) is 0 Å². The Morgan fingerprint density at radius 2 is 0.816 bits per heavy atom. The fourth-order valence-corrected chi connectivity index (χ4v) is 4.94. The minimum atomic E-state index is -0.860. The molecular formula is C32H24N6. The van der Waals surface area contributed by atoms with E-state index in [0.29, 0.717) is 0 Å². The first kappa shape index (κ1) is 23.3. The summed E-state index contributed by atoms with van der Waals surface area (Å²) in [5, 5.41) is 0. The van der Waals surface area contributed by atoms with Crippen molar-refractivity contribution in [2.45, 2.75) is 11.3 Å². The van der Waals surface area contributed by atoms with Crippen molar-refractivity contribution in [3.8, 4) is 0 Å². The molecule has 6 rings (SSSR count). The lowest BCUT2D eigenvalue weighted by atomic mass is 9.71. The van der Waals surface area contributed by atoms with Gasteiger partial charge in [-0.25, -0.2) is 0 Å². The summed E-state index contributed by atoms with van der Waals surface area (Å²) < 4.78 is 0. The van der Waals surface area contributed by atoms with Crippen molar-refractivity contribution in [2.24, 2.45) is 0 Å². The predicted molar refractivity (Wildman–Crippen MR) is 145 cm³/mol. The molecule has 0 saturated carbocycles. The van der Waals surface area contributed by atoms with E-state index in [4.69, 9.17) is 19.9 Å². The maximum absolute atomic E-state index is 5.01. The Kier molecular flexibility index (Phi) is 6.43. The van der Waals surface area contributed by atoms with Crippen molar-refractivity contribution in [1.82, 2.24) is 29.9 Å². The maximum atomic E-state index is 5.01. The van der Waals surface area contributed by atoms with Gasteiger partial charge in [0, 0.05) is 37.2 Å². The van der Waals surface area contributed by atoms with Crippen LogP contribution in [0.3, 0.4) is 0 Å². The topological polar surface area (TPSA) is 77.3 Å². The van der Waals surface area contributed by atoms with Gasteiger partial charge in [-0.3, -0.25) is 29.9 Å². The van der Waals surface area contributed by atoms with Crippen LogP contribution in [-0.2, 0) is 5.41 Å². The second kappa shape index (κ2) is 10.5. The lowest BCUT2D eigenvalue weighted by molar-refractivity contribution is 0.658. The standard InChI is InChI=1S/C32H24N6/c1-6-18-33-25(11-1)31(26-12-2-7-19-34-26)27-17-16-24(23-38-27)32(28-13-3-8-20-35-28,29-14-4-9-21-36-29)30-15-5-10-22-37-30/h1-23,31H. The van der Waals surface area contributed by atoms with Crippen LogP contribution in [0.15, 0.2) is 140 Å². The van der Waals surface area contributed by atoms with Crippen molar-refractivity contribution in [3.05, 3.63) is 180 Å². The first-order valence-electron chi connectivity index (χ1n) is 12.4. The Morgan fingerprint density at radius 3 is 1.16 bits per heavy atom. The highest BCUT2D eigenvalue weighted by Gasteiger charge is 2.42. The van der Waals surface area contributed by atoms with E-state index in [0.717, 1.165) is 39.7 Å². The minimum absolute atomic E-state index is 0.208. The highest BCUT2D eigenvalue weighted by atomic mass is 14.8. The van der Waals surface area contributed by atoms with Crippen LogP contribution < -0.4 is 0 Å². The van der Waals surface area contributed by atoms with Crippen molar-refractivity contribution < 1.29 is 0 Å². The van der Waals surface area contributed by atoms with E-state index in [2.05, 4.69) is 16.0 Å². The predicted octanol–water partition coefficient (Wildman–Crippen LogP) is 5.62. The molecular weight excluding hydrogens is 468 g/mol. The molecule has 6 nitrogen and oxygen atoms in total. The van der Waals surface area contributed by atoms with Crippen LogP contribution in [0.1, 0.15) is 45.6 Å². The summed E-state index contributed by atoms with van der Waals surface area (Å²) in [6, 6.07) is 33.7. The largest absolute Gasteiger partial charge is 0.260 e. The first-order chi connectivity index (χ1) is 18.9. The van der Waals surface area contributed by atoms with Gasteiger partial charge in [-0.05, 0) is 72.3 Å². The lowest BCUT2D eigenvalue weighted by Gasteiger charge is -2.33. The summed E-state index contributed by atoms with van der Waals surface area (Å²) in [4.78, 5) is 28.7. The van der Waals surface area contributed by atoms with Gasteiger partial charge >= 0.3 is 0 Å². The van der Waals surface area contributed by atoms with Gasteiger partial charge in [-0.2, -0.15) is 0 Å². The van der Waals surface area contributed by atoms with Gasteiger partial charge in [0.2, 0.25) is 0 Å². The Labute approximate surface area is 221 Å². The Balaban J connectivity index is 1.56. The van der Waals surface area contributed by atoms with Gasteiger partial charge in [-0.15, -0.1) is 0 Å². The highest BCUT2D eigenvalue weighted by Crippen LogP contribution is 2.42. The normalized spacial score (nSPS) is 11.4. The van der Waals surface area contributed by atoms with Crippen molar-refractivity contribution in [3.63, 3.8) is 0 Å². The highest BCUT2D eigenvalue weighted by molar-refractivity contribution is 5.53. The van der Waals surface area contributed by atoms with Crippen LogP contribution >= 0.6 is 0 Å². The number of hydrogen-bond donors (Lipinski definition) is 0. The van der Waals surface area contributed by atoms with Gasteiger partial charge in [0.05, 0.1) is 40.1 Å². The van der Waals surface area contributed by atoms with Gasteiger partial charge in [-0.1, -0.05) is 36.4 Å². The number of hydrogen-bond acceptors (Lipinski definition) is 6. The Bertz CT molecular complexity index is 1440. The molecule has 0 radical (unpaired) electrons. The van der Waals surface area contributed by atoms with Crippen LogP contribution in [0.4, 0.5) is 0 Å². The van der Waals surface area contributed by atoms with E-state index in [1.807, 2.05) is 103 Å². The molecule has 6 aromatic heterocycles. The number of nitrogens with zero attached hydrogens (tertiary/aromatic N) is 6. The van der Waals surface area contributed by atoms with Crippen molar-refractivity contribution in [2.75, 3.05) is 0 Å². The van der Waals surface area contributed by atoms with Crippen molar-refractivity contribution >= 4 is 0 Å². The Hall–Kier alpha value is -5.10. The average molecular weight is 493 g/mol. The molecule has 6 heterocycles. The molecule has 38 heavy (non-hydrogen) atoms. The van der Waals surface area contributed by atoms with E-state index < -0.39 is 5.41 Å². The van der Waals surface area contributed by atoms with Gasteiger partial charge in [0.1, 0.15) is 5.41 Å². The summed E-state index contributed by atoms with van der Waals surface area (Å²) in [6.45, 7) is 0. The third-order valence-corrected chi connectivity index (χ3v) is 6.63. The van der Waals surface area contributed by atoms with Crippen molar-refractivity contribution in [1.29, 1.82) is 0 Å². The zero-order chi connectivity index (χ0) is 25.6. The second-order valence-electron chi connectivity index (χ2n) is 8.81. The van der Waals surface area contributed by atoms with E-state index >= 15 is 0 Å². The third-order valence-electron chi connectivity index (χ3n) is 6.63. The quantitative estimate of drug-likeness (QED) is 0.288. The molecule has 0 aliphatic carbocycles. The first-order valence-corrected chi connectivity index (χ1v) is 12.4. The summed E-state index contributed by atoms with van der Waals surface area (Å²) in [7, 11) is 0. The van der Waals surface area contributed by atoms with Crippen LogP contribution in [0.5, 0.6) is 0 Å². The molecule has 0 amide bonds. The summed E-state index contributed by atoms with van der Waals surface area (Å²) in [6.07, 6.45) is 10.9. The third kappa shape index (κ3) is 4.22. The summed E-state index contributed by atoms with van der Waals surface area (Å²) in [5.41, 5.74) is 5.13. The Morgan fingerprint density at radius 1 is 0.395 bits per heavy atom.